The highest BCUT2D eigenvalue weighted by Crippen LogP contribution is 2.42. The van der Waals surface area contributed by atoms with Gasteiger partial charge in [0.2, 0.25) is 9.84 Å². The van der Waals surface area contributed by atoms with Crippen molar-refractivity contribution in [2.75, 3.05) is 0 Å². The van der Waals surface area contributed by atoms with Crippen LogP contribution in [0, 0.1) is 0 Å². The second kappa shape index (κ2) is 5.14. The summed E-state index contributed by atoms with van der Waals surface area (Å²) in [6.07, 6.45) is 7.32. The first-order valence-electron chi connectivity index (χ1n) is 7.10. The molecule has 0 radical (unpaired) electrons. The summed E-state index contributed by atoms with van der Waals surface area (Å²) in [4.78, 5) is 8.88. The van der Waals surface area contributed by atoms with Gasteiger partial charge in [-0.25, -0.2) is 8.42 Å². The van der Waals surface area contributed by atoms with Crippen molar-refractivity contribution in [2.24, 2.45) is 9.98 Å². The van der Waals surface area contributed by atoms with Crippen molar-refractivity contribution in [3.8, 4) is 11.1 Å². The molecule has 0 spiro atoms. The number of benzene rings is 2. The molecule has 2 aromatic rings. The molecule has 5 heteroatoms. The fraction of sp³-hybridized carbons (Fsp3) is 0. The molecule has 112 valence electrons. The molecule has 0 saturated heterocycles. The lowest BCUT2D eigenvalue weighted by atomic mass is 10.1. The van der Waals surface area contributed by atoms with Gasteiger partial charge in [-0.15, -0.1) is 0 Å². The summed E-state index contributed by atoms with van der Waals surface area (Å²) in [5.41, 5.74) is 3.61. The third-order valence-corrected chi connectivity index (χ3v) is 5.67. The van der Waals surface area contributed by atoms with Crippen molar-refractivity contribution in [1.82, 2.24) is 0 Å². The van der Waals surface area contributed by atoms with E-state index >= 15 is 0 Å². The van der Waals surface area contributed by atoms with E-state index in [4.69, 9.17) is 0 Å². The molecule has 2 aromatic carbocycles. The number of nitrogens with zero attached hydrogens (tertiary/aromatic N) is 2. The maximum Gasteiger partial charge on any atom is 0.207 e. The number of hydrogen-bond donors (Lipinski definition) is 0. The Bertz CT molecular complexity index is 951. The van der Waals surface area contributed by atoms with E-state index in [0.29, 0.717) is 9.79 Å². The molecule has 0 aromatic heterocycles. The van der Waals surface area contributed by atoms with Crippen molar-refractivity contribution < 1.29 is 8.42 Å². The van der Waals surface area contributed by atoms with Crippen LogP contribution in [0.15, 0.2) is 91.9 Å². The summed E-state index contributed by atoms with van der Waals surface area (Å²) in [6, 6.07) is 14.2. The predicted octanol–water partition coefficient (Wildman–Crippen LogP) is 3.42. The molecule has 3 aliphatic heterocycles. The molecule has 0 aliphatic carbocycles. The molecule has 0 N–H and O–H groups in total. The van der Waals surface area contributed by atoms with E-state index in [0.717, 1.165) is 22.5 Å². The molecule has 0 atom stereocenters. The third kappa shape index (κ3) is 2.17. The standard InChI is InChI=1S/C12H8O2S.C6H4N2/c13-15(14)11-7-3-1-5-9(11)10-6-2-4-8-12(10)15;1-3-7-6-2-4-8-5(1)6/h1-8H;1-4H. The van der Waals surface area contributed by atoms with Crippen LogP contribution in [0.5, 0.6) is 0 Å². The lowest BCUT2D eigenvalue weighted by molar-refractivity contribution is 0.598. The van der Waals surface area contributed by atoms with Crippen molar-refractivity contribution in [3.05, 3.63) is 72.1 Å². The maximum atomic E-state index is 12.1. The quantitative estimate of drug-likeness (QED) is 0.637. The third-order valence-electron chi connectivity index (χ3n) is 3.80. The van der Waals surface area contributed by atoms with Gasteiger partial charge in [0.1, 0.15) is 0 Å². The highest BCUT2D eigenvalue weighted by Gasteiger charge is 2.31. The summed E-state index contributed by atoms with van der Waals surface area (Å²) < 4.78 is 24.2. The first-order valence-corrected chi connectivity index (χ1v) is 8.59. The van der Waals surface area contributed by atoms with Crippen LogP contribution in [0.3, 0.4) is 0 Å². The minimum absolute atomic E-state index is 0.422. The second-order valence-electron chi connectivity index (χ2n) is 5.16. The molecule has 3 heterocycles. The van der Waals surface area contributed by atoms with Crippen molar-refractivity contribution in [1.29, 1.82) is 0 Å². The Hall–Kier alpha value is -2.79. The first-order chi connectivity index (χ1) is 11.2. The Labute approximate surface area is 134 Å². The average Bonchev–Trinajstić information content (AvgIpc) is 3.24. The Morgan fingerprint density at radius 2 is 1.09 bits per heavy atom. The number of sulfone groups is 1. The van der Waals surface area contributed by atoms with Gasteiger partial charge in [0.15, 0.2) is 0 Å². The zero-order valence-electron chi connectivity index (χ0n) is 12.0. The van der Waals surface area contributed by atoms with Gasteiger partial charge < -0.3 is 0 Å². The summed E-state index contributed by atoms with van der Waals surface area (Å²) in [7, 11) is -3.26. The van der Waals surface area contributed by atoms with Gasteiger partial charge in [-0.05, 0) is 24.3 Å². The molecule has 3 aliphatic rings. The average molecular weight is 320 g/mol. The number of hydrogen-bond acceptors (Lipinski definition) is 4. The Balaban J connectivity index is 0.000000142. The zero-order chi connectivity index (χ0) is 15.9. The van der Waals surface area contributed by atoms with Gasteiger partial charge in [0, 0.05) is 23.6 Å². The Morgan fingerprint density at radius 1 is 0.652 bits per heavy atom. The first kappa shape index (κ1) is 13.8. The number of allylic oxidation sites excluding steroid dienone is 2. The highest BCUT2D eigenvalue weighted by atomic mass is 32.2. The molecule has 4 nitrogen and oxygen atoms in total. The number of fused-ring (bicyclic) bond motifs is 4. The molecule has 0 unspecified atom stereocenters. The summed E-state index contributed by atoms with van der Waals surface area (Å²) in [6.45, 7) is 0. The number of rotatable bonds is 0. The molecule has 23 heavy (non-hydrogen) atoms. The van der Waals surface area contributed by atoms with Crippen molar-refractivity contribution in [3.63, 3.8) is 0 Å². The summed E-state index contributed by atoms with van der Waals surface area (Å²) in [5.74, 6) is 0. The van der Waals surface area contributed by atoms with Crippen molar-refractivity contribution >= 4 is 22.3 Å². The van der Waals surface area contributed by atoms with Crippen LogP contribution in [0.2, 0.25) is 0 Å². The van der Waals surface area contributed by atoms with Gasteiger partial charge in [0.05, 0.1) is 21.2 Å². The molecule has 0 saturated carbocycles. The highest BCUT2D eigenvalue weighted by molar-refractivity contribution is 7.92. The van der Waals surface area contributed by atoms with E-state index in [1.807, 2.05) is 36.4 Å². The van der Waals surface area contributed by atoms with Gasteiger partial charge in [0.25, 0.3) is 0 Å². The van der Waals surface area contributed by atoms with Gasteiger partial charge in [-0.3, -0.25) is 9.98 Å². The Morgan fingerprint density at radius 3 is 1.57 bits per heavy atom. The van der Waals surface area contributed by atoms with Crippen LogP contribution >= 0.6 is 0 Å². The van der Waals surface area contributed by atoms with Gasteiger partial charge in [-0.1, -0.05) is 36.4 Å². The molecule has 0 amide bonds. The van der Waals surface area contributed by atoms with Crippen LogP contribution in [0.4, 0.5) is 0 Å². The van der Waals surface area contributed by atoms with E-state index in [1.54, 1.807) is 36.7 Å². The molecular weight excluding hydrogens is 308 g/mol. The maximum absolute atomic E-state index is 12.1. The monoisotopic (exact) mass is 320 g/mol. The van der Waals surface area contributed by atoms with Crippen LogP contribution < -0.4 is 0 Å². The summed E-state index contributed by atoms with van der Waals surface area (Å²) in [5, 5.41) is 0. The minimum Gasteiger partial charge on any atom is -0.254 e. The Kier molecular flexibility index (Phi) is 3.09. The SMILES string of the molecule is C1=NC2=CC=NC2=C1.O=S1(=O)c2ccccc2-c2ccccc21. The lowest BCUT2D eigenvalue weighted by Gasteiger charge is -1.95. The lowest BCUT2D eigenvalue weighted by Crippen LogP contribution is -1.95. The fourth-order valence-corrected chi connectivity index (χ4v) is 4.42. The van der Waals surface area contributed by atoms with Gasteiger partial charge in [-0.2, -0.15) is 0 Å². The predicted molar refractivity (Wildman–Crippen MR) is 90.5 cm³/mol. The second-order valence-corrected chi connectivity index (χ2v) is 7.04. The molecule has 0 bridgehead atoms. The van der Waals surface area contributed by atoms with E-state index < -0.39 is 9.84 Å². The number of aliphatic imine (C=N–C) groups is 2. The van der Waals surface area contributed by atoms with Crippen LogP contribution in [-0.4, -0.2) is 20.8 Å². The van der Waals surface area contributed by atoms with E-state index in [2.05, 4.69) is 9.98 Å². The van der Waals surface area contributed by atoms with E-state index in [-0.39, 0.29) is 0 Å². The summed E-state index contributed by atoms with van der Waals surface area (Å²) >= 11 is 0. The molecular formula is C18H12N2O2S. The van der Waals surface area contributed by atoms with Crippen LogP contribution in [0.25, 0.3) is 11.1 Å². The largest absolute Gasteiger partial charge is 0.254 e. The molecule has 0 fully saturated rings. The van der Waals surface area contributed by atoms with E-state index in [1.165, 1.54) is 0 Å². The van der Waals surface area contributed by atoms with E-state index in [9.17, 15) is 8.42 Å². The fourth-order valence-electron chi connectivity index (χ4n) is 2.73. The zero-order valence-corrected chi connectivity index (χ0v) is 12.9. The minimum atomic E-state index is -3.26. The smallest absolute Gasteiger partial charge is 0.207 e. The normalized spacial score (nSPS) is 17.6. The topological polar surface area (TPSA) is 58.9 Å². The van der Waals surface area contributed by atoms with Crippen molar-refractivity contribution in [2.45, 2.75) is 9.79 Å². The molecule has 5 rings (SSSR count). The van der Waals surface area contributed by atoms with Crippen LogP contribution in [0.1, 0.15) is 0 Å². The van der Waals surface area contributed by atoms with Crippen LogP contribution in [-0.2, 0) is 9.84 Å². The van der Waals surface area contributed by atoms with Gasteiger partial charge >= 0.3 is 0 Å².